The van der Waals surface area contributed by atoms with Gasteiger partial charge in [-0.3, -0.25) is 4.79 Å². The van der Waals surface area contributed by atoms with E-state index in [0.717, 1.165) is 77.0 Å². The van der Waals surface area contributed by atoms with Crippen molar-refractivity contribution in [2.45, 2.75) is 116 Å². The maximum Gasteiger partial charge on any atom is 0.303 e. The Morgan fingerprint density at radius 2 is 1.70 bits per heavy atom. The fourth-order valence-corrected chi connectivity index (χ4v) is 4.15. The lowest BCUT2D eigenvalue weighted by Crippen LogP contribution is -2.27. The number of nitrogens with two attached hydrogens (primary N) is 1. The molecule has 1 saturated carbocycles. The van der Waals surface area contributed by atoms with E-state index in [1.54, 1.807) is 0 Å². The molecular weight excluding hydrogens is 344 g/mol. The van der Waals surface area contributed by atoms with E-state index in [9.17, 15) is 14.8 Å². The fraction of sp³-hybridized carbons (Fsp3) is 0.952. The summed E-state index contributed by atoms with van der Waals surface area (Å²) < 4.78 is 0. The number of hydrogen-bond donors (Lipinski definition) is 3. The third kappa shape index (κ3) is 11.4. The van der Waals surface area contributed by atoms with Crippen molar-refractivity contribution in [3.05, 3.63) is 4.91 Å². The van der Waals surface area contributed by atoms with Gasteiger partial charge in [0.2, 0.25) is 0 Å². The lowest BCUT2D eigenvalue weighted by Gasteiger charge is -2.25. The van der Waals surface area contributed by atoms with Crippen molar-refractivity contribution >= 4 is 5.97 Å². The van der Waals surface area contributed by atoms with Gasteiger partial charge in [-0.25, -0.2) is 0 Å². The molecule has 2 unspecified atom stereocenters. The predicted octanol–water partition coefficient (Wildman–Crippen LogP) is 4.97. The van der Waals surface area contributed by atoms with Crippen LogP contribution in [0.15, 0.2) is 5.18 Å². The van der Waals surface area contributed by atoms with Crippen LogP contribution in [0, 0.1) is 15.7 Å². The minimum Gasteiger partial charge on any atom is -0.481 e. The third-order valence-electron chi connectivity index (χ3n) is 6.03. The molecule has 1 fully saturated rings. The smallest absolute Gasteiger partial charge is 0.303 e. The molecule has 0 bridgehead atoms. The van der Waals surface area contributed by atoms with E-state index in [2.05, 4.69) is 19.0 Å². The number of aliphatic carboxylic acids is 1. The Morgan fingerprint density at radius 1 is 1.11 bits per heavy atom. The molecule has 0 radical (unpaired) electrons. The number of hydrogen-bond acceptors (Lipinski definition) is 5. The molecule has 158 valence electrons. The predicted molar refractivity (Wildman–Crippen MR) is 108 cm³/mol. The summed E-state index contributed by atoms with van der Waals surface area (Å²) in [6.07, 6.45) is 12.3. The van der Waals surface area contributed by atoms with Gasteiger partial charge in [-0.2, -0.15) is 4.91 Å². The minimum atomic E-state index is -0.748. The molecule has 6 heteroatoms. The van der Waals surface area contributed by atoms with Crippen LogP contribution in [0.3, 0.4) is 0 Å². The highest BCUT2D eigenvalue weighted by Crippen LogP contribution is 2.52. The van der Waals surface area contributed by atoms with Crippen molar-refractivity contribution in [1.29, 1.82) is 0 Å². The number of nitrogens with zero attached hydrogens (tertiary/aromatic N) is 1. The lowest BCUT2D eigenvalue weighted by atomic mass is 9.83. The van der Waals surface area contributed by atoms with Crippen LogP contribution in [-0.2, 0) is 4.79 Å². The topological polar surface area (TPSA) is 113 Å². The van der Waals surface area contributed by atoms with E-state index in [0.29, 0.717) is 12.8 Å². The molecule has 0 aliphatic heterocycles. The molecule has 0 saturated heterocycles. The van der Waals surface area contributed by atoms with Gasteiger partial charge in [0.25, 0.3) is 0 Å². The number of carboxylic acids is 1. The van der Waals surface area contributed by atoms with Crippen LogP contribution in [0.25, 0.3) is 0 Å². The molecule has 2 atom stereocenters. The summed E-state index contributed by atoms with van der Waals surface area (Å²) in [5, 5.41) is 21.5. The third-order valence-corrected chi connectivity index (χ3v) is 6.03. The first kappa shape index (κ1) is 24.0. The van der Waals surface area contributed by atoms with E-state index < -0.39 is 12.2 Å². The summed E-state index contributed by atoms with van der Waals surface area (Å²) in [6.45, 7) is 4.25. The maximum absolute atomic E-state index is 11.0. The summed E-state index contributed by atoms with van der Waals surface area (Å²) in [7, 11) is 0. The second-order valence-electron chi connectivity index (χ2n) is 9.46. The van der Waals surface area contributed by atoms with Crippen LogP contribution in [0.4, 0.5) is 0 Å². The highest BCUT2D eigenvalue weighted by Gasteiger charge is 2.43. The van der Waals surface area contributed by atoms with Crippen molar-refractivity contribution in [2.75, 3.05) is 0 Å². The van der Waals surface area contributed by atoms with E-state index in [1.807, 2.05) is 0 Å². The minimum absolute atomic E-state index is 0.0516. The highest BCUT2D eigenvalue weighted by atomic mass is 16.4. The van der Waals surface area contributed by atoms with Gasteiger partial charge < -0.3 is 15.9 Å². The van der Waals surface area contributed by atoms with Crippen molar-refractivity contribution < 1.29 is 15.0 Å². The van der Waals surface area contributed by atoms with Gasteiger partial charge in [0.15, 0.2) is 0 Å². The first-order valence-corrected chi connectivity index (χ1v) is 10.7. The second-order valence-corrected chi connectivity index (χ2v) is 9.46. The van der Waals surface area contributed by atoms with E-state index in [-0.39, 0.29) is 16.9 Å². The lowest BCUT2D eigenvalue weighted by molar-refractivity contribution is -0.138. The van der Waals surface area contributed by atoms with Gasteiger partial charge in [-0.15, -0.1) is 0 Å². The molecule has 0 aromatic heterocycles. The average Bonchev–Trinajstić information content (AvgIpc) is 3.29. The molecule has 1 aliphatic rings. The Bertz CT molecular complexity index is 447. The van der Waals surface area contributed by atoms with Crippen molar-refractivity contribution in [2.24, 2.45) is 21.7 Å². The van der Waals surface area contributed by atoms with Gasteiger partial charge in [0.05, 0.1) is 12.5 Å². The molecular formula is C21H40N2O4. The first-order valence-electron chi connectivity index (χ1n) is 10.7. The van der Waals surface area contributed by atoms with Gasteiger partial charge in [-0.05, 0) is 55.8 Å². The average molecular weight is 385 g/mol. The van der Waals surface area contributed by atoms with E-state index in [4.69, 9.17) is 10.8 Å². The maximum atomic E-state index is 11.0. The van der Waals surface area contributed by atoms with Crippen LogP contribution >= 0.6 is 0 Å². The Labute approximate surface area is 164 Å². The van der Waals surface area contributed by atoms with Crippen LogP contribution in [0.1, 0.15) is 104 Å². The largest absolute Gasteiger partial charge is 0.481 e. The number of nitroso groups, excluding NO2 is 1. The van der Waals surface area contributed by atoms with Crippen molar-refractivity contribution in [3.8, 4) is 0 Å². The van der Waals surface area contributed by atoms with Gasteiger partial charge >= 0.3 is 5.97 Å². The summed E-state index contributed by atoms with van der Waals surface area (Å²) in [5.74, 6) is -0.680. The first-order chi connectivity index (χ1) is 12.7. The molecule has 1 rings (SSSR count). The number of carbonyl (C=O) groups is 1. The molecule has 0 aromatic rings. The standard InChI is InChI=1S/C21H40N2O4/c1-20(2,15-18(22)24)11-7-3-5-9-17(23-27)10-6-4-8-12-21(13-14-21)16-19(25)26/h17-18,24H,3-16,22H2,1-2H3,(H,25,26). The Morgan fingerprint density at radius 3 is 2.19 bits per heavy atom. The highest BCUT2D eigenvalue weighted by molar-refractivity contribution is 5.68. The zero-order chi connectivity index (χ0) is 20.3. The van der Waals surface area contributed by atoms with Crippen molar-refractivity contribution in [1.82, 2.24) is 0 Å². The second kappa shape index (κ2) is 11.7. The number of unbranched alkanes of at least 4 members (excludes halogenated alkanes) is 4. The summed E-state index contributed by atoms with van der Waals surface area (Å²) >= 11 is 0. The molecule has 0 aromatic carbocycles. The fourth-order valence-electron chi connectivity index (χ4n) is 4.15. The molecule has 27 heavy (non-hydrogen) atoms. The van der Waals surface area contributed by atoms with E-state index >= 15 is 0 Å². The summed E-state index contributed by atoms with van der Waals surface area (Å²) in [6, 6.07) is -0.0854. The Balaban J connectivity index is 2.05. The van der Waals surface area contributed by atoms with Gasteiger partial charge in [-0.1, -0.05) is 57.5 Å². The Kier molecular flexibility index (Phi) is 10.5. The zero-order valence-electron chi connectivity index (χ0n) is 17.3. The quantitative estimate of drug-likeness (QED) is 0.186. The van der Waals surface area contributed by atoms with Crippen molar-refractivity contribution in [3.63, 3.8) is 0 Å². The van der Waals surface area contributed by atoms with Crippen LogP contribution in [0.2, 0.25) is 0 Å². The van der Waals surface area contributed by atoms with Crippen LogP contribution < -0.4 is 5.73 Å². The van der Waals surface area contributed by atoms with E-state index in [1.165, 1.54) is 0 Å². The number of rotatable bonds is 17. The zero-order valence-corrected chi connectivity index (χ0v) is 17.3. The normalized spacial score (nSPS) is 18.1. The SMILES string of the molecule is CC(C)(CCCCCC(CCCCCC1(CC(=O)O)CC1)N=O)CC(N)O. The number of aliphatic hydroxyl groups excluding tert-OH is 1. The molecule has 0 spiro atoms. The molecule has 4 N–H and O–H groups in total. The molecule has 0 heterocycles. The van der Waals surface area contributed by atoms with Crippen LogP contribution in [-0.4, -0.2) is 28.5 Å². The summed E-state index contributed by atoms with van der Waals surface area (Å²) in [4.78, 5) is 21.9. The Hall–Kier alpha value is -1.01. The monoisotopic (exact) mass is 384 g/mol. The molecule has 6 nitrogen and oxygen atoms in total. The van der Waals surface area contributed by atoms with Gasteiger partial charge in [0, 0.05) is 0 Å². The summed E-state index contributed by atoms with van der Waals surface area (Å²) in [5.41, 5.74) is 5.60. The number of carboxylic acid groups (broad SMARTS) is 1. The van der Waals surface area contributed by atoms with Crippen LogP contribution in [0.5, 0.6) is 0 Å². The molecule has 1 aliphatic carbocycles. The van der Waals surface area contributed by atoms with Gasteiger partial charge in [0.1, 0.15) is 6.23 Å². The molecule has 0 amide bonds. The number of aliphatic hydroxyl groups is 1.